The summed E-state index contributed by atoms with van der Waals surface area (Å²) in [6, 6.07) is 10.6. The number of carbonyl (C=O) groups excluding carboxylic acids is 1. The molecule has 0 fully saturated rings. The molecule has 0 aliphatic heterocycles. The third-order valence-electron chi connectivity index (χ3n) is 4.17. The molecule has 0 radical (unpaired) electrons. The van der Waals surface area contributed by atoms with Gasteiger partial charge >= 0.3 is 5.97 Å². The number of methoxy groups -OCH3 is 2. The van der Waals surface area contributed by atoms with Crippen molar-refractivity contribution in [1.82, 2.24) is 5.32 Å². The normalized spacial score (nSPS) is 12.7. The second kappa shape index (κ2) is 9.28. The number of carbonyl (C=O) groups is 2. The van der Waals surface area contributed by atoms with Crippen molar-refractivity contribution in [2.75, 3.05) is 14.2 Å². The van der Waals surface area contributed by atoms with Crippen LogP contribution in [0.1, 0.15) is 24.1 Å². The largest absolute Gasteiger partial charge is 0.493 e. The minimum atomic E-state index is -1.14. The average molecular weight is 392 g/mol. The molecule has 0 aliphatic rings. The number of hydrogen-bond donors (Lipinski definition) is 2. The van der Waals surface area contributed by atoms with E-state index in [1.807, 2.05) is 6.07 Å². The minimum absolute atomic E-state index is 0.355. The van der Waals surface area contributed by atoms with Crippen molar-refractivity contribution in [2.24, 2.45) is 5.92 Å². The number of nitrogens with one attached hydrogen (secondary N) is 1. The SMILES string of the molecule is COc1ccc(CC(C)C(=O)NC(C(=O)O)c2ccc(Cl)cc2)cc1OC. The molecule has 2 N–H and O–H groups in total. The Morgan fingerprint density at radius 3 is 2.26 bits per heavy atom. The summed E-state index contributed by atoms with van der Waals surface area (Å²) in [7, 11) is 3.09. The van der Waals surface area contributed by atoms with Crippen LogP contribution >= 0.6 is 11.6 Å². The first-order valence-corrected chi connectivity index (χ1v) is 8.73. The summed E-state index contributed by atoms with van der Waals surface area (Å²) < 4.78 is 10.5. The highest BCUT2D eigenvalue weighted by Gasteiger charge is 2.25. The highest BCUT2D eigenvalue weighted by atomic mass is 35.5. The van der Waals surface area contributed by atoms with Crippen LogP contribution in [0, 0.1) is 5.92 Å². The summed E-state index contributed by atoms with van der Waals surface area (Å²) in [5, 5.41) is 12.5. The predicted octanol–water partition coefficient (Wildman–Crippen LogP) is 3.48. The van der Waals surface area contributed by atoms with Gasteiger partial charge in [-0.2, -0.15) is 0 Å². The van der Waals surface area contributed by atoms with Gasteiger partial charge in [-0.3, -0.25) is 4.79 Å². The summed E-state index contributed by atoms with van der Waals surface area (Å²) in [5.41, 5.74) is 1.34. The molecule has 0 spiro atoms. The van der Waals surface area contributed by atoms with Gasteiger partial charge in [0.05, 0.1) is 14.2 Å². The van der Waals surface area contributed by atoms with Crippen LogP contribution in [0.25, 0.3) is 0 Å². The van der Waals surface area contributed by atoms with Gasteiger partial charge in [0, 0.05) is 10.9 Å². The molecular weight excluding hydrogens is 370 g/mol. The summed E-state index contributed by atoms with van der Waals surface area (Å²) in [5.74, 6) is -0.743. The van der Waals surface area contributed by atoms with E-state index in [4.69, 9.17) is 21.1 Å². The van der Waals surface area contributed by atoms with E-state index in [1.165, 1.54) is 0 Å². The molecular formula is C20H22ClNO5. The number of hydrogen-bond acceptors (Lipinski definition) is 4. The third-order valence-corrected chi connectivity index (χ3v) is 4.43. The van der Waals surface area contributed by atoms with E-state index in [9.17, 15) is 14.7 Å². The number of carboxylic acids is 1. The Hall–Kier alpha value is -2.73. The minimum Gasteiger partial charge on any atom is -0.493 e. The van der Waals surface area contributed by atoms with Gasteiger partial charge in [0.2, 0.25) is 5.91 Å². The van der Waals surface area contributed by atoms with Gasteiger partial charge in [0.1, 0.15) is 0 Å². The Labute approximate surface area is 163 Å². The average Bonchev–Trinajstić information content (AvgIpc) is 2.66. The topological polar surface area (TPSA) is 84.9 Å². The van der Waals surface area contributed by atoms with Crippen molar-refractivity contribution in [3.8, 4) is 11.5 Å². The standard InChI is InChI=1S/C20H22ClNO5/c1-12(10-13-4-9-16(26-2)17(11-13)27-3)19(23)22-18(20(24)25)14-5-7-15(21)8-6-14/h4-9,11-12,18H,10H2,1-3H3,(H,22,23)(H,24,25). The first-order valence-electron chi connectivity index (χ1n) is 8.35. The van der Waals surface area contributed by atoms with Crippen LogP contribution in [-0.4, -0.2) is 31.2 Å². The number of ether oxygens (including phenoxy) is 2. The molecule has 2 aromatic rings. The highest BCUT2D eigenvalue weighted by Crippen LogP contribution is 2.28. The Morgan fingerprint density at radius 2 is 1.70 bits per heavy atom. The van der Waals surface area contributed by atoms with E-state index in [-0.39, 0.29) is 5.91 Å². The predicted molar refractivity (Wildman–Crippen MR) is 102 cm³/mol. The van der Waals surface area contributed by atoms with Crippen LogP contribution < -0.4 is 14.8 Å². The fourth-order valence-corrected chi connectivity index (χ4v) is 2.81. The van der Waals surface area contributed by atoms with Gasteiger partial charge < -0.3 is 19.9 Å². The van der Waals surface area contributed by atoms with Gasteiger partial charge in [-0.05, 0) is 41.8 Å². The second-order valence-electron chi connectivity index (χ2n) is 6.13. The lowest BCUT2D eigenvalue weighted by Gasteiger charge is -2.19. The zero-order chi connectivity index (χ0) is 20.0. The maximum Gasteiger partial charge on any atom is 0.330 e. The van der Waals surface area contributed by atoms with E-state index in [0.29, 0.717) is 28.5 Å². The number of carboxylic acid groups (broad SMARTS) is 1. The quantitative estimate of drug-likeness (QED) is 0.719. The molecule has 0 bridgehead atoms. The van der Waals surface area contributed by atoms with Crippen molar-refractivity contribution in [2.45, 2.75) is 19.4 Å². The number of aliphatic carboxylic acids is 1. The van der Waals surface area contributed by atoms with Gasteiger partial charge in [-0.25, -0.2) is 4.79 Å². The zero-order valence-electron chi connectivity index (χ0n) is 15.4. The Balaban J connectivity index is 2.09. The van der Waals surface area contributed by atoms with Gasteiger partial charge in [-0.15, -0.1) is 0 Å². The first kappa shape index (κ1) is 20.6. The molecule has 0 saturated carbocycles. The molecule has 0 aromatic heterocycles. The summed E-state index contributed by atoms with van der Waals surface area (Å²) in [4.78, 5) is 24.1. The Bertz CT molecular complexity index is 807. The molecule has 1 amide bonds. The van der Waals surface area contributed by atoms with Crippen LogP contribution in [-0.2, 0) is 16.0 Å². The van der Waals surface area contributed by atoms with Crippen molar-refractivity contribution in [3.05, 3.63) is 58.6 Å². The Kier molecular flexibility index (Phi) is 7.07. The summed E-state index contributed by atoms with van der Waals surface area (Å²) >= 11 is 5.83. The van der Waals surface area contributed by atoms with Crippen LogP contribution in [0.2, 0.25) is 5.02 Å². The van der Waals surface area contributed by atoms with E-state index in [2.05, 4.69) is 5.32 Å². The number of benzene rings is 2. The van der Waals surface area contributed by atoms with Crippen LogP contribution in [0.4, 0.5) is 0 Å². The highest BCUT2D eigenvalue weighted by molar-refractivity contribution is 6.30. The molecule has 7 heteroatoms. The van der Waals surface area contributed by atoms with Crippen molar-refractivity contribution in [3.63, 3.8) is 0 Å². The van der Waals surface area contributed by atoms with E-state index in [1.54, 1.807) is 57.5 Å². The lowest BCUT2D eigenvalue weighted by atomic mass is 9.98. The molecule has 2 aromatic carbocycles. The van der Waals surface area contributed by atoms with Crippen molar-refractivity contribution in [1.29, 1.82) is 0 Å². The maximum atomic E-state index is 12.5. The number of amides is 1. The van der Waals surface area contributed by atoms with Gasteiger partial charge in [0.15, 0.2) is 17.5 Å². The molecule has 144 valence electrons. The molecule has 2 atom stereocenters. The molecule has 0 saturated heterocycles. The third kappa shape index (κ3) is 5.37. The molecule has 6 nitrogen and oxygen atoms in total. The lowest BCUT2D eigenvalue weighted by molar-refractivity contribution is -0.142. The van der Waals surface area contributed by atoms with Gasteiger partial charge in [0.25, 0.3) is 0 Å². The van der Waals surface area contributed by atoms with Crippen molar-refractivity contribution >= 4 is 23.5 Å². The summed E-state index contributed by atoms with van der Waals surface area (Å²) in [6.07, 6.45) is 0.430. The maximum absolute atomic E-state index is 12.5. The van der Waals surface area contributed by atoms with E-state index < -0.39 is 17.9 Å². The monoisotopic (exact) mass is 391 g/mol. The van der Waals surface area contributed by atoms with Crippen LogP contribution in [0.3, 0.4) is 0 Å². The smallest absolute Gasteiger partial charge is 0.330 e. The molecule has 27 heavy (non-hydrogen) atoms. The van der Waals surface area contributed by atoms with E-state index >= 15 is 0 Å². The van der Waals surface area contributed by atoms with Crippen LogP contribution in [0.5, 0.6) is 11.5 Å². The molecule has 0 aliphatic carbocycles. The summed E-state index contributed by atoms with van der Waals surface area (Å²) in [6.45, 7) is 1.74. The Morgan fingerprint density at radius 1 is 1.07 bits per heavy atom. The zero-order valence-corrected chi connectivity index (χ0v) is 16.1. The number of rotatable bonds is 8. The van der Waals surface area contributed by atoms with E-state index in [0.717, 1.165) is 5.56 Å². The molecule has 0 heterocycles. The fourth-order valence-electron chi connectivity index (χ4n) is 2.68. The van der Waals surface area contributed by atoms with Crippen molar-refractivity contribution < 1.29 is 24.2 Å². The molecule has 2 rings (SSSR count). The fraction of sp³-hybridized carbons (Fsp3) is 0.300. The van der Waals surface area contributed by atoms with Gasteiger partial charge in [-0.1, -0.05) is 36.7 Å². The lowest BCUT2D eigenvalue weighted by Crippen LogP contribution is -2.37. The first-order chi connectivity index (χ1) is 12.8. The molecule has 2 unspecified atom stereocenters. The second-order valence-corrected chi connectivity index (χ2v) is 6.56. The number of halogens is 1. The van der Waals surface area contributed by atoms with Crippen LogP contribution in [0.15, 0.2) is 42.5 Å².